The topological polar surface area (TPSA) is 17.1 Å². The van der Waals surface area contributed by atoms with Gasteiger partial charge in [0.05, 0.1) is 0 Å². The highest BCUT2D eigenvalue weighted by Gasteiger charge is 2.34. The summed E-state index contributed by atoms with van der Waals surface area (Å²) in [6.07, 6.45) is 6.08. The van der Waals surface area contributed by atoms with Gasteiger partial charge in [-0.1, -0.05) is 33.6 Å². The van der Waals surface area contributed by atoms with E-state index in [1.807, 2.05) is 0 Å². The number of ketones is 1. The van der Waals surface area contributed by atoms with Gasteiger partial charge in [-0.2, -0.15) is 0 Å². The molecule has 0 spiro atoms. The van der Waals surface area contributed by atoms with Crippen LogP contribution >= 0.6 is 0 Å². The zero-order valence-corrected chi connectivity index (χ0v) is 10.1. The van der Waals surface area contributed by atoms with Gasteiger partial charge in [-0.05, 0) is 37.0 Å². The Labute approximate surface area is 88.3 Å². The van der Waals surface area contributed by atoms with Gasteiger partial charge in [0.1, 0.15) is 5.78 Å². The number of hydrogen-bond donors (Lipinski definition) is 0. The van der Waals surface area contributed by atoms with E-state index in [2.05, 4.69) is 20.8 Å². The van der Waals surface area contributed by atoms with Gasteiger partial charge in [0.25, 0.3) is 0 Å². The lowest BCUT2D eigenvalue weighted by atomic mass is 9.65. The van der Waals surface area contributed by atoms with Crippen LogP contribution in [0.2, 0.25) is 0 Å². The molecule has 2 atom stereocenters. The van der Waals surface area contributed by atoms with Crippen LogP contribution in [-0.4, -0.2) is 5.78 Å². The summed E-state index contributed by atoms with van der Waals surface area (Å²) in [5.41, 5.74) is 0.376. The predicted molar refractivity (Wildman–Crippen MR) is 60.2 cm³/mol. The van der Waals surface area contributed by atoms with Gasteiger partial charge in [0.15, 0.2) is 0 Å². The summed E-state index contributed by atoms with van der Waals surface area (Å²) in [5, 5.41) is 0. The third-order valence-electron chi connectivity index (χ3n) is 3.57. The van der Waals surface area contributed by atoms with Crippen molar-refractivity contribution in [1.29, 1.82) is 0 Å². The Kier molecular flexibility index (Phi) is 3.74. The Bertz CT molecular complexity index is 200. The third kappa shape index (κ3) is 3.11. The number of Topliss-reactive ketones (excluding diaryl/α,β-unsaturated/α-hetero) is 1. The minimum Gasteiger partial charge on any atom is -0.300 e. The maximum absolute atomic E-state index is 11.2. The number of rotatable bonds is 2. The SMILES string of the molecule is CC(=O)CC1CCCCC1C(C)(C)C. The van der Waals surface area contributed by atoms with E-state index >= 15 is 0 Å². The number of carbonyl (C=O) groups excluding carboxylic acids is 1. The van der Waals surface area contributed by atoms with Crippen LogP contribution in [0.3, 0.4) is 0 Å². The summed E-state index contributed by atoms with van der Waals surface area (Å²) in [6, 6.07) is 0. The van der Waals surface area contributed by atoms with Crippen molar-refractivity contribution in [2.24, 2.45) is 17.3 Å². The molecule has 1 saturated carbocycles. The summed E-state index contributed by atoms with van der Waals surface area (Å²) in [4.78, 5) is 11.2. The molecule has 1 nitrogen and oxygen atoms in total. The van der Waals surface area contributed by atoms with Crippen molar-refractivity contribution in [3.8, 4) is 0 Å². The molecule has 0 aliphatic heterocycles. The van der Waals surface area contributed by atoms with Gasteiger partial charge in [-0.25, -0.2) is 0 Å². The second-order valence-corrected chi connectivity index (χ2v) is 5.92. The molecule has 0 aromatic rings. The summed E-state index contributed by atoms with van der Waals surface area (Å²) in [5.74, 6) is 1.77. The van der Waals surface area contributed by atoms with E-state index < -0.39 is 0 Å². The van der Waals surface area contributed by atoms with Crippen LogP contribution in [0.1, 0.15) is 59.8 Å². The van der Waals surface area contributed by atoms with Crippen LogP contribution in [0.25, 0.3) is 0 Å². The Morgan fingerprint density at radius 2 is 1.79 bits per heavy atom. The second kappa shape index (κ2) is 4.46. The first-order chi connectivity index (χ1) is 6.41. The van der Waals surface area contributed by atoms with Crippen molar-refractivity contribution in [3.63, 3.8) is 0 Å². The lowest BCUT2D eigenvalue weighted by Crippen LogP contribution is -2.32. The van der Waals surface area contributed by atoms with Gasteiger partial charge in [-0.3, -0.25) is 0 Å². The summed E-state index contributed by atoms with van der Waals surface area (Å²) < 4.78 is 0. The van der Waals surface area contributed by atoms with Gasteiger partial charge < -0.3 is 4.79 Å². The molecule has 0 bridgehead atoms. The van der Waals surface area contributed by atoms with E-state index in [0.717, 1.165) is 12.3 Å². The highest BCUT2D eigenvalue weighted by molar-refractivity contribution is 5.75. The van der Waals surface area contributed by atoms with Crippen LogP contribution in [-0.2, 0) is 4.79 Å². The molecule has 1 aliphatic rings. The van der Waals surface area contributed by atoms with E-state index in [1.165, 1.54) is 25.7 Å². The monoisotopic (exact) mass is 196 g/mol. The highest BCUT2D eigenvalue weighted by Crippen LogP contribution is 2.43. The molecule has 0 heterocycles. The van der Waals surface area contributed by atoms with Gasteiger partial charge in [-0.15, -0.1) is 0 Å². The van der Waals surface area contributed by atoms with Crippen LogP contribution in [0.5, 0.6) is 0 Å². The zero-order chi connectivity index (χ0) is 10.8. The van der Waals surface area contributed by atoms with Crippen molar-refractivity contribution in [2.75, 3.05) is 0 Å². The minimum atomic E-state index is 0.367. The standard InChI is InChI=1S/C13H24O/c1-10(14)9-11-7-5-6-8-12(11)13(2,3)4/h11-12H,5-9H2,1-4H3. The molecule has 82 valence electrons. The fourth-order valence-electron chi connectivity index (χ4n) is 2.96. The minimum absolute atomic E-state index is 0.367. The maximum atomic E-state index is 11.2. The average Bonchev–Trinajstić information content (AvgIpc) is 2.01. The van der Waals surface area contributed by atoms with Crippen LogP contribution < -0.4 is 0 Å². The van der Waals surface area contributed by atoms with Gasteiger partial charge >= 0.3 is 0 Å². The number of carbonyl (C=O) groups is 1. The Hall–Kier alpha value is -0.330. The third-order valence-corrected chi connectivity index (χ3v) is 3.57. The lowest BCUT2D eigenvalue weighted by Gasteiger charge is -2.40. The largest absolute Gasteiger partial charge is 0.300 e. The molecule has 0 aromatic carbocycles. The van der Waals surface area contributed by atoms with Crippen molar-refractivity contribution in [2.45, 2.75) is 59.8 Å². The first kappa shape index (κ1) is 11.7. The molecular formula is C13H24O. The Balaban J connectivity index is 2.64. The first-order valence-electron chi connectivity index (χ1n) is 5.90. The summed E-state index contributed by atoms with van der Waals surface area (Å²) in [7, 11) is 0. The lowest BCUT2D eigenvalue weighted by molar-refractivity contribution is -0.119. The average molecular weight is 196 g/mol. The molecule has 0 amide bonds. The fraction of sp³-hybridized carbons (Fsp3) is 0.923. The second-order valence-electron chi connectivity index (χ2n) is 5.92. The fourth-order valence-corrected chi connectivity index (χ4v) is 2.96. The van der Waals surface area contributed by atoms with Gasteiger partial charge in [0, 0.05) is 6.42 Å². The quantitative estimate of drug-likeness (QED) is 0.656. The molecular weight excluding hydrogens is 172 g/mol. The highest BCUT2D eigenvalue weighted by atomic mass is 16.1. The van der Waals surface area contributed by atoms with Crippen LogP contribution in [0.4, 0.5) is 0 Å². The van der Waals surface area contributed by atoms with Crippen molar-refractivity contribution in [1.82, 2.24) is 0 Å². The van der Waals surface area contributed by atoms with Gasteiger partial charge in [0.2, 0.25) is 0 Å². The molecule has 1 rings (SSSR count). The molecule has 1 fully saturated rings. The van der Waals surface area contributed by atoms with Crippen molar-refractivity contribution < 1.29 is 4.79 Å². The van der Waals surface area contributed by atoms with E-state index in [9.17, 15) is 4.79 Å². The molecule has 0 radical (unpaired) electrons. The predicted octanol–water partition coefficient (Wildman–Crippen LogP) is 3.82. The molecule has 14 heavy (non-hydrogen) atoms. The molecule has 1 heteroatoms. The van der Waals surface area contributed by atoms with Crippen molar-refractivity contribution in [3.05, 3.63) is 0 Å². The maximum Gasteiger partial charge on any atom is 0.130 e. The first-order valence-corrected chi connectivity index (χ1v) is 5.90. The zero-order valence-electron chi connectivity index (χ0n) is 10.1. The Morgan fingerprint density at radius 3 is 2.29 bits per heavy atom. The molecule has 2 unspecified atom stereocenters. The Morgan fingerprint density at radius 1 is 1.21 bits per heavy atom. The summed E-state index contributed by atoms with van der Waals surface area (Å²) in [6.45, 7) is 8.68. The molecule has 0 aromatic heterocycles. The summed E-state index contributed by atoms with van der Waals surface area (Å²) >= 11 is 0. The number of hydrogen-bond acceptors (Lipinski definition) is 1. The van der Waals surface area contributed by atoms with E-state index in [-0.39, 0.29) is 0 Å². The van der Waals surface area contributed by atoms with Crippen LogP contribution in [0.15, 0.2) is 0 Å². The van der Waals surface area contributed by atoms with E-state index in [4.69, 9.17) is 0 Å². The smallest absolute Gasteiger partial charge is 0.130 e. The normalized spacial score (nSPS) is 28.9. The molecule has 0 N–H and O–H groups in total. The van der Waals surface area contributed by atoms with Crippen LogP contribution in [0, 0.1) is 17.3 Å². The molecule has 0 saturated heterocycles. The van der Waals surface area contributed by atoms with E-state index in [1.54, 1.807) is 6.92 Å². The van der Waals surface area contributed by atoms with E-state index in [0.29, 0.717) is 17.1 Å². The van der Waals surface area contributed by atoms with Crippen molar-refractivity contribution >= 4 is 5.78 Å². The molecule has 1 aliphatic carbocycles.